The lowest BCUT2D eigenvalue weighted by Gasteiger charge is -2.09. The third-order valence-corrected chi connectivity index (χ3v) is 3.56. The van der Waals surface area contributed by atoms with Gasteiger partial charge in [0.15, 0.2) is 5.34 Å². The summed E-state index contributed by atoms with van der Waals surface area (Å²) in [7, 11) is 0. The monoisotopic (exact) mass is 363 g/mol. The summed E-state index contributed by atoms with van der Waals surface area (Å²) in [5.41, 5.74) is 1.08. The van der Waals surface area contributed by atoms with Crippen molar-refractivity contribution in [2.45, 2.75) is 52.4 Å². The summed E-state index contributed by atoms with van der Waals surface area (Å²) < 4.78 is 4.69. The van der Waals surface area contributed by atoms with Crippen LogP contribution in [-0.4, -0.2) is 16.4 Å². The van der Waals surface area contributed by atoms with Gasteiger partial charge < -0.3 is 19.1 Å². The van der Waals surface area contributed by atoms with Crippen molar-refractivity contribution in [3.05, 3.63) is 34.7 Å². The average Bonchev–Trinajstić information content (AvgIpc) is 2.48. The first-order valence-corrected chi connectivity index (χ1v) is 10.3. The minimum atomic E-state index is -3.57. The molecule has 2 N–H and O–H groups in total. The minimum absolute atomic E-state index is 0.383. The molecular weight excluding hydrogens is 337 g/mol. The number of unbranched alkanes of at least 4 members (excludes halogenated alkanes) is 5. The Morgan fingerprint density at radius 3 is 2.17 bits per heavy atom. The van der Waals surface area contributed by atoms with Gasteiger partial charge in [0.05, 0.1) is 0 Å². The second-order valence-corrected chi connectivity index (χ2v) is 7.66. The van der Waals surface area contributed by atoms with Gasteiger partial charge in [-0.2, -0.15) is 0 Å². The van der Waals surface area contributed by atoms with Crippen LogP contribution in [0.15, 0.2) is 29.6 Å². The lowest BCUT2D eigenvalue weighted by Crippen LogP contribution is -1.89. The van der Waals surface area contributed by atoms with Gasteiger partial charge in [-0.25, -0.2) is 0 Å². The van der Waals surface area contributed by atoms with Crippen molar-refractivity contribution in [3.63, 3.8) is 0 Å². The predicted molar refractivity (Wildman–Crippen MR) is 95.7 cm³/mol. The lowest BCUT2D eigenvalue weighted by atomic mass is 10.1. The molecule has 0 heterocycles. The zero-order chi connectivity index (χ0) is 17.6. The fourth-order valence-corrected chi connectivity index (χ4v) is 2.38. The van der Waals surface area contributed by atoms with Crippen LogP contribution in [0, 0.1) is 11.8 Å². The number of aryl methyl sites for hydroxylation is 1. The third-order valence-electron chi connectivity index (χ3n) is 2.89. The van der Waals surface area contributed by atoms with Crippen LogP contribution in [-0.2, 0) is 16.6 Å². The summed E-state index contributed by atoms with van der Waals surface area (Å²) >= 11 is 4.30. The molecule has 0 aliphatic rings. The number of benzene rings is 1. The molecule has 0 radical (unpaired) electrons. The van der Waals surface area contributed by atoms with Crippen LogP contribution in [0.25, 0.3) is 0 Å². The van der Waals surface area contributed by atoms with Gasteiger partial charge in [-0.1, -0.05) is 50.3 Å². The van der Waals surface area contributed by atoms with Crippen molar-refractivity contribution in [3.8, 4) is 5.75 Å². The van der Waals surface area contributed by atoms with E-state index in [1.54, 1.807) is 24.3 Å². The van der Waals surface area contributed by atoms with Crippen molar-refractivity contribution in [2.24, 2.45) is 5.34 Å². The molecule has 0 saturated carbocycles. The van der Waals surface area contributed by atoms with E-state index in [4.69, 9.17) is 14.3 Å². The predicted octanol–water partition coefficient (Wildman–Crippen LogP) is 4.63. The van der Waals surface area contributed by atoms with Gasteiger partial charge in [0, 0.05) is 11.8 Å². The number of hydrogen-bond donors (Lipinski definition) is 2. The first-order valence-electron chi connectivity index (χ1n) is 7.65. The summed E-state index contributed by atoms with van der Waals surface area (Å²) in [4.78, 5) is 31.4. The standard InChI is InChI=1S/C8H17NO2.C7H9O3PS/c1-2-3-4-5-6-7-8-11-9-10;1-6-2-4-7(5-3-6)10-11(8,9)12/h2-8H2,1H3;2-5H,1H3,(H2,8,9,12). The van der Waals surface area contributed by atoms with E-state index in [0.29, 0.717) is 12.4 Å². The van der Waals surface area contributed by atoms with Crippen molar-refractivity contribution in [1.82, 2.24) is 0 Å². The Balaban J connectivity index is 0.000000423. The van der Waals surface area contributed by atoms with Crippen LogP contribution < -0.4 is 4.52 Å². The van der Waals surface area contributed by atoms with Gasteiger partial charge >= 0.3 is 6.72 Å². The van der Waals surface area contributed by atoms with E-state index >= 15 is 0 Å². The number of hydrogen-bond acceptors (Lipinski definition) is 5. The van der Waals surface area contributed by atoms with Crippen molar-refractivity contribution in [1.29, 1.82) is 0 Å². The Morgan fingerprint density at radius 1 is 1.09 bits per heavy atom. The number of rotatable bonds is 10. The van der Waals surface area contributed by atoms with Crippen molar-refractivity contribution in [2.75, 3.05) is 6.61 Å². The maximum Gasteiger partial charge on any atom is 0.375 e. The Hall–Kier alpha value is -1.01. The third kappa shape index (κ3) is 15.7. The van der Waals surface area contributed by atoms with Gasteiger partial charge in [-0.15, -0.1) is 4.91 Å². The molecule has 1 aromatic rings. The van der Waals surface area contributed by atoms with E-state index in [1.165, 1.54) is 25.7 Å². The minimum Gasteiger partial charge on any atom is -0.424 e. The van der Waals surface area contributed by atoms with E-state index in [-0.39, 0.29) is 0 Å². The Bertz CT molecular complexity index is 463. The van der Waals surface area contributed by atoms with Gasteiger partial charge in [0.1, 0.15) is 12.4 Å². The highest BCUT2D eigenvalue weighted by molar-refractivity contribution is 8.06. The highest BCUT2D eigenvalue weighted by Gasteiger charge is 2.08. The van der Waals surface area contributed by atoms with Gasteiger partial charge in [-0.05, 0) is 31.9 Å². The fraction of sp³-hybridized carbons (Fsp3) is 0.600. The van der Waals surface area contributed by atoms with E-state index < -0.39 is 6.72 Å². The highest BCUT2D eigenvalue weighted by atomic mass is 32.5. The van der Waals surface area contributed by atoms with Crippen LogP contribution in [0.2, 0.25) is 0 Å². The molecule has 0 bridgehead atoms. The molecule has 132 valence electrons. The Labute approximate surface area is 143 Å². The Kier molecular flexibility index (Phi) is 12.8. The van der Waals surface area contributed by atoms with Gasteiger partial charge in [0.2, 0.25) is 0 Å². The van der Waals surface area contributed by atoms with E-state index in [1.807, 2.05) is 6.92 Å². The first kappa shape index (κ1) is 22.0. The molecule has 8 heteroatoms. The van der Waals surface area contributed by atoms with E-state index in [0.717, 1.165) is 18.4 Å². The van der Waals surface area contributed by atoms with Gasteiger partial charge in [-0.3, -0.25) is 0 Å². The Morgan fingerprint density at radius 2 is 1.65 bits per heavy atom. The second kappa shape index (κ2) is 13.4. The summed E-state index contributed by atoms with van der Waals surface area (Å²) in [5, 5.41) is 2.32. The van der Waals surface area contributed by atoms with E-state index in [9.17, 15) is 4.91 Å². The molecule has 1 rings (SSSR count). The van der Waals surface area contributed by atoms with E-state index in [2.05, 4.69) is 28.9 Å². The lowest BCUT2D eigenvalue weighted by molar-refractivity contribution is 0.135. The maximum atomic E-state index is 9.47. The van der Waals surface area contributed by atoms with Crippen molar-refractivity contribution >= 4 is 18.5 Å². The summed E-state index contributed by atoms with van der Waals surface area (Å²) in [6.07, 6.45) is 7.23. The van der Waals surface area contributed by atoms with Crippen LogP contribution in [0.3, 0.4) is 0 Å². The normalized spacial score (nSPS) is 10.4. The fourth-order valence-electron chi connectivity index (χ4n) is 1.72. The molecule has 0 saturated heterocycles. The van der Waals surface area contributed by atoms with Crippen molar-refractivity contribution < 1.29 is 19.1 Å². The molecule has 0 aliphatic heterocycles. The molecule has 0 aliphatic carbocycles. The zero-order valence-corrected chi connectivity index (χ0v) is 15.4. The van der Waals surface area contributed by atoms with Crippen LogP contribution in [0.4, 0.5) is 0 Å². The van der Waals surface area contributed by atoms with Gasteiger partial charge in [0.25, 0.3) is 0 Å². The SMILES string of the molecule is CCCCCCCCON=O.Cc1ccc(OP(O)(O)=S)cc1. The summed E-state index contributed by atoms with van der Waals surface area (Å²) in [6.45, 7) is 1.03. The number of nitrogens with zero attached hydrogens (tertiary/aromatic N) is 1. The molecule has 6 nitrogen and oxygen atoms in total. The largest absolute Gasteiger partial charge is 0.424 e. The highest BCUT2D eigenvalue weighted by Crippen LogP contribution is 2.37. The van der Waals surface area contributed by atoms with Crippen LogP contribution in [0.1, 0.15) is 51.0 Å². The quantitative estimate of drug-likeness (QED) is 0.273. The molecular formula is C15H26NO5PS. The molecule has 0 atom stereocenters. The molecule has 23 heavy (non-hydrogen) atoms. The summed E-state index contributed by atoms with van der Waals surface area (Å²) in [5.74, 6) is 0.383. The summed E-state index contributed by atoms with van der Waals surface area (Å²) in [6, 6.07) is 6.90. The van der Waals surface area contributed by atoms with Crippen LogP contribution in [0.5, 0.6) is 5.75 Å². The molecule has 0 amide bonds. The molecule has 1 aromatic carbocycles. The smallest absolute Gasteiger partial charge is 0.375 e. The molecule has 0 unspecified atom stereocenters. The maximum absolute atomic E-state index is 9.47. The molecule has 0 aromatic heterocycles. The second-order valence-electron chi connectivity index (χ2n) is 5.07. The topological polar surface area (TPSA) is 88.4 Å². The van der Waals surface area contributed by atoms with Crippen LogP contribution >= 0.6 is 6.72 Å². The first-order chi connectivity index (χ1) is 10.9. The molecule has 0 fully saturated rings. The zero-order valence-electron chi connectivity index (χ0n) is 13.7. The average molecular weight is 363 g/mol. The molecule has 0 spiro atoms.